The number of nitrogens with zero attached hydrogens (tertiary/aromatic N) is 1. The molecule has 2 N–H and O–H groups in total. The summed E-state index contributed by atoms with van der Waals surface area (Å²) in [4.78, 5) is 2.41. The Kier molecular flexibility index (Phi) is 5.88. The largest absolute Gasteiger partial charge is 0.490 e. The molecule has 4 nitrogen and oxygen atoms in total. The van der Waals surface area contributed by atoms with Gasteiger partial charge in [-0.1, -0.05) is 0 Å². The molecule has 1 fully saturated rings. The SMILES string of the molecule is COCCC(C)Oc1ccc(N2CCC(N)CC2)cc1C. The van der Waals surface area contributed by atoms with Gasteiger partial charge in [-0.3, -0.25) is 0 Å². The Labute approximate surface area is 128 Å². The minimum Gasteiger partial charge on any atom is -0.490 e. The maximum atomic E-state index is 5.99. The summed E-state index contributed by atoms with van der Waals surface area (Å²) < 4.78 is 11.1. The standard InChI is InChI=1S/C17H28N2O2/c1-13-12-16(19-9-6-15(18)7-10-19)4-5-17(13)21-14(2)8-11-20-3/h4-5,12,14-15H,6-11,18H2,1-3H3. The molecule has 1 saturated heterocycles. The van der Waals surface area contributed by atoms with Crippen LogP contribution in [0.2, 0.25) is 0 Å². The van der Waals surface area contributed by atoms with Gasteiger partial charge >= 0.3 is 0 Å². The number of hydrogen-bond acceptors (Lipinski definition) is 4. The molecule has 0 aromatic heterocycles. The molecule has 118 valence electrons. The molecule has 1 aliphatic rings. The Balaban J connectivity index is 1.97. The zero-order chi connectivity index (χ0) is 15.2. The summed E-state index contributed by atoms with van der Waals surface area (Å²) in [5, 5.41) is 0. The van der Waals surface area contributed by atoms with E-state index >= 15 is 0 Å². The van der Waals surface area contributed by atoms with Crippen LogP contribution in [-0.4, -0.2) is 39.0 Å². The molecule has 1 aromatic rings. The van der Waals surface area contributed by atoms with Crippen molar-refractivity contribution >= 4 is 5.69 Å². The van der Waals surface area contributed by atoms with Crippen LogP contribution in [0.4, 0.5) is 5.69 Å². The molecule has 1 aromatic carbocycles. The Morgan fingerprint density at radius 1 is 1.33 bits per heavy atom. The molecule has 0 spiro atoms. The fraction of sp³-hybridized carbons (Fsp3) is 0.647. The molecule has 2 rings (SSSR count). The number of piperidine rings is 1. The molecule has 0 amide bonds. The van der Waals surface area contributed by atoms with Crippen LogP contribution in [0.25, 0.3) is 0 Å². The first-order valence-electron chi connectivity index (χ1n) is 7.87. The van der Waals surface area contributed by atoms with Gasteiger partial charge in [0.2, 0.25) is 0 Å². The third kappa shape index (κ3) is 4.61. The first-order chi connectivity index (χ1) is 10.1. The van der Waals surface area contributed by atoms with Crippen molar-refractivity contribution in [2.45, 2.75) is 45.3 Å². The molecule has 0 radical (unpaired) electrons. The van der Waals surface area contributed by atoms with Gasteiger partial charge in [0, 0.05) is 45.0 Å². The molecule has 0 aliphatic carbocycles. The van der Waals surface area contributed by atoms with Gasteiger partial charge in [-0.2, -0.15) is 0 Å². The second-order valence-corrected chi connectivity index (χ2v) is 5.98. The number of benzene rings is 1. The van der Waals surface area contributed by atoms with Gasteiger partial charge in [0.25, 0.3) is 0 Å². The molecule has 1 unspecified atom stereocenters. The van der Waals surface area contributed by atoms with Crippen molar-refractivity contribution in [1.29, 1.82) is 0 Å². The van der Waals surface area contributed by atoms with E-state index in [9.17, 15) is 0 Å². The Bertz CT molecular complexity index is 442. The van der Waals surface area contributed by atoms with Crippen LogP contribution in [0.15, 0.2) is 18.2 Å². The highest BCUT2D eigenvalue weighted by atomic mass is 16.5. The minimum atomic E-state index is 0.169. The van der Waals surface area contributed by atoms with E-state index in [4.69, 9.17) is 15.2 Å². The smallest absolute Gasteiger partial charge is 0.122 e. The Morgan fingerprint density at radius 2 is 2.05 bits per heavy atom. The van der Waals surface area contributed by atoms with Crippen molar-refractivity contribution < 1.29 is 9.47 Å². The monoisotopic (exact) mass is 292 g/mol. The van der Waals surface area contributed by atoms with Crippen LogP contribution in [0.5, 0.6) is 5.75 Å². The van der Waals surface area contributed by atoms with Crippen LogP contribution in [0.1, 0.15) is 31.7 Å². The quantitative estimate of drug-likeness (QED) is 0.876. The predicted molar refractivity (Wildman–Crippen MR) is 87.2 cm³/mol. The zero-order valence-electron chi connectivity index (χ0n) is 13.5. The zero-order valence-corrected chi connectivity index (χ0v) is 13.5. The van der Waals surface area contributed by atoms with Crippen LogP contribution in [0.3, 0.4) is 0 Å². The van der Waals surface area contributed by atoms with Crippen molar-refractivity contribution in [3.8, 4) is 5.75 Å². The van der Waals surface area contributed by atoms with Crippen molar-refractivity contribution in [1.82, 2.24) is 0 Å². The van der Waals surface area contributed by atoms with E-state index in [0.717, 1.165) is 44.7 Å². The number of rotatable bonds is 6. The van der Waals surface area contributed by atoms with Crippen LogP contribution >= 0.6 is 0 Å². The second kappa shape index (κ2) is 7.66. The molecule has 1 heterocycles. The second-order valence-electron chi connectivity index (χ2n) is 5.98. The van der Waals surface area contributed by atoms with Gasteiger partial charge < -0.3 is 20.1 Å². The molecule has 21 heavy (non-hydrogen) atoms. The predicted octanol–water partition coefficient (Wildman–Crippen LogP) is 2.73. The summed E-state index contributed by atoms with van der Waals surface area (Å²) in [5.41, 5.74) is 8.43. The summed E-state index contributed by atoms with van der Waals surface area (Å²) in [6, 6.07) is 6.83. The van der Waals surface area contributed by atoms with Crippen LogP contribution in [0, 0.1) is 6.92 Å². The van der Waals surface area contributed by atoms with E-state index in [-0.39, 0.29) is 6.10 Å². The molecule has 0 bridgehead atoms. The summed E-state index contributed by atoms with van der Waals surface area (Å²) >= 11 is 0. The lowest BCUT2D eigenvalue weighted by atomic mass is 10.0. The first kappa shape index (κ1) is 16.1. The third-order valence-electron chi connectivity index (χ3n) is 4.12. The van der Waals surface area contributed by atoms with Gasteiger partial charge in [-0.05, 0) is 50.5 Å². The lowest BCUT2D eigenvalue weighted by Gasteiger charge is -2.32. The Hall–Kier alpha value is -1.26. The van der Waals surface area contributed by atoms with Crippen molar-refractivity contribution in [2.75, 3.05) is 31.7 Å². The van der Waals surface area contributed by atoms with E-state index in [1.54, 1.807) is 7.11 Å². The normalized spacial score (nSPS) is 17.8. The van der Waals surface area contributed by atoms with Crippen LogP contribution in [-0.2, 0) is 4.74 Å². The van der Waals surface area contributed by atoms with Crippen LogP contribution < -0.4 is 15.4 Å². The van der Waals surface area contributed by atoms with Crippen molar-refractivity contribution in [3.63, 3.8) is 0 Å². The number of anilines is 1. The summed E-state index contributed by atoms with van der Waals surface area (Å²) in [6.45, 7) is 7.01. The van der Waals surface area contributed by atoms with Gasteiger partial charge in [0.05, 0.1) is 6.10 Å². The van der Waals surface area contributed by atoms with E-state index in [0.29, 0.717) is 6.04 Å². The number of nitrogens with two attached hydrogens (primary N) is 1. The lowest BCUT2D eigenvalue weighted by Crippen LogP contribution is -2.39. The van der Waals surface area contributed by atoms with Gasteiger partial charge in [-0.25, -0.2) is 0 Å². The third-order valence-corrected chi connectivity index (χ3v) is 4.12. The highest BCUT2D eigenvalue weighted by Crippen LogP contribution is 2.27. The highest BCUT2D eigenvalue weighted by molar-refractivity contribution is 5.53. The molecular weight excluding hydrogens is 264 g/mol. The number of methoxy groups -OCH3 is 1. The molecule has 1 aliphatic heterocycles. The number of hydrogen-bond donors (Lipinski definition) is 1. The maximum Gasteiger partial charge on any atom is 0.122 e. The van der Waals surface area contributed by atoms with Crippen molar-refractivity contribution in [2.24, 2.45) is 5.73 Å². The fourth-order valence-corrected chi connectivity index (χ4v) is 2.68. The van der Waals surface area contributed by atoms with Gasteiger partial charge in [-0.15, -0.1) is 0 Å². The van der Waals surface area contributed by atoms with E-state index in [2.05, 4.69) is 36.9 Å². The fourth-order valence-electron chi connectivity index (χ4n) is 2.68. The number of ether oxygens (including phenoxy) is 2. The summed E-state index contributed by atoms with van der Waals surface area (Å²) in [7, 11) is 1.72. The minimum absolute atomic E-state index is 0.169. The van der Waals surface area contributed by atoms with Gasteiger partial charge in [0.15, 0.2) is 0 Å². The van der Waals surface area contributed by atoms with E-state index in [1.807, 2.05) is 0 Å². The maximum absolute atomic E-state index is 5.99. The average molecular weight is 292 g/mol. The Morgan fingerprint density at radius 3 is 2.67 bits per heavy atom. The molecule has 0 saturated carbocycles. The van der Waals surface area contributed by atoms with Crippen molar-refractivity contribution in [3.05, 3.63) is 23.8 Å². The lowest BCUT2D eigenvalue weighted by molar-refractivity contribution is 0.135. The molecular formula is C17H28N2O2. The molecule has 1 atom stereocenters. The number of aryl methyl sites for hydroxylation is 1. The average Bonchev–Trinajstić information content (AvgIpc) is 2.48. The topological polar surface area (TPSA) is 47.7 Å². The summed E-state index contributed by atoms with van der Waals surface area (Å²) in [5.74, 6) is 0.969. The first-order valence-corrected chi connectivity index (χ1v) is 7.87. The van der Waals surface area contributed by atoms with E-state index < -0.39 is 0 Å². The molecule has 4 heteroatoms. The highest BCUT2D eigenvalue weighted by Gasteiger charge is 2.17. The van der Waals surface area contributed by atoms with E-state index in [1.165, 1.54) is 11.3 Å². The summed E-state index contributed by atoms with van der Waals surface area (Å²) in [6.07, 6.45) is 3.22. The van der Waals surface area contributed by atoms with Gasteiger partial charge in [0.1, 0.15) is 5.75 Å².